The lowest BCUT2D eigenvalue weighted by Gasteiger charge is -2.12. The second-order valence-corrected chi connectivity index (χ2v) is 8.60. The Labute approximate surface area is 219 Å². The molecule has 2 amide bonds. The number of thiocarbonyl (C=S) groups is 1. The van der Waals surface area contributed by atoms with Crippen LogP contribution in [0.5, 0.6) is 5.75 Å². The van der Waals surface area contributed by atoms with E-state index in [1.807, 2.05) is 30.3 Å². The number of anilines is 2. The van der Waals surface area contributed by atoms with E-state index in [0.29, 0.717) is 39.9 Å². The van der Waals surface area contributed by atoms with Gasteiger partial charge in [0.05, 0.1) is 0 Å². The minimum absolute atomic E-state index is 0.145. The van der Waals surface area contributed by atoms with Gasteiger partial charge in [-0.15, -0.1) is 0 Å². The molecule has 0 spiro atoms. The maximum Gasteiger partial charge on any atom is 0.257 e. The number of carbonyl (C=O) groups is 2. The van der Waals surface area contributed by atoms with Crippen molar-refractivity contribution in [3.05, 3.63) is 125 Å². The highest BCUT2D eigenvalue weighted by atomic mass is 35.5. The summed E-state index contributed by atoms with van der Waals surface area (Å²) in [4.78, 5) is 25.0. The minimum Gasteiger partial charge on any atom is -0.489 e. The normalized spacial score (nSPS) is 10.2. The lowest BCUT2D eigenvalue weighted by atomic mass is 10.2. The number of hydrogen-bond donors (Lipinski definition) is 3. The summed E-state index contributed by atoms with van der Waals surface area (Å²) >= 11 is 11.2. The van der Waals surface area contributed by atoms with Gasteiger partial charge in [0.15, 0.2) is 5.11 Å². The van der Waals surface area contributed by atoms with Crippen LogP contribution in [-0.4, -0.2) is 16.9 Å². The summed E-state index contributed by atoms with van der Waals surface area (Å²) in [6, 6.07) is 30.3. The van der Waals surface area contributed by atoms with Gasteiger partial charge in [0, 0.05) is 27.5 Å². The van der Waals surface area contributed by atoms with Gasteiger partial charge in [0.1, 0.15) is 12.4 Å². The van der Waals surface area contributed by atoms with Crippen molar-refractivity contribution in [2.45, 2.75) is 6.61 Å². The Balaban J connectivity index is 1.29. The van der Waals surface area contributed by atoms with Crippen LogP contribution in [0.2, 0.25) is 5.02 Å². The highest BCUT2D eigenvalue weighted by Crippen LogP contribution is 2.18. The van der Waals surface area contributed by atoms with Crippen LogP contribution >= 0.6 is 23.8 Å². The van der Waals surface area contributed by atoms with Gasteiger partial charge in [0.25, 0.3) is 11.8 Å². The largest absolute Gasteiger partial charge is 0.489 e. The molecule has 0 aromatic heterocycles. The molecule has 4 aromatic carbocycles. The topological polar surface area (TPSA) is 79.5 Å². The molecule has 0 aliphatic carbocycles. The first-order chi connectivity index (χ1) is 17.5. The summed E-state index contributed by atoms with van der Waals surface area (Å²) in [5.74, 6) is -0.0418. The van der Waals surface area contributed by atoms with E-state index in [1.165, 1.54) is 0 Å². The third kappa shape index (κ3) is 7.15. The average Bonchev–Trinajstić information content (AvgIpc) is 2.89. The smallest absolute Gasteiger partial charge is 0.257 e. The highest BCUT2D eigenvalue weighted by Gasteiger charge is 2.10. The fourth-order valence-electron chi connectivity index (χ4n) is 3.28. The zero-order valence-electron chi connectivity index (χ0n) is 19.0. The van der Waals surface area contributed by atoms with Crippen molar-refractivity contribution in [1.82, 2.24) is 5.32 Å². The first-order valence-electron chi connectivity index (χ1n) is 11.0. The molecular formula is C28H22ClN3O3S. The van der Waals surface area contributed by atoms with Crippen LogP contribution in [0.3, 0.4) is 0 Å². The summed E-state index contributed by atoms with van der Waals surface area (Å²) in [6.45, 7) is 0.404. The molecule has 0 fully saturated rings. The molecule has 4 aromatic rings. The van der Waals surface area contributed by atoms with Crippen molar-refractivity contribution in [2.75, 3.05) is 10.6 Å². The van der Waals surface area contributed by atoms with Gasteiger partial charge in [-0.05, 0) is 78.4 Å². The Kier molecular flexibility index (Phi) is 8.28. The fourth-order valence-corrected chi connectivity index (χ4v) is 3.68. The molecule has 0 aliphatic heterocycles. The molecule has 0 unspecified atom stereocenters. The number of ether oxygens (including phenoxy) is 1. The van der Waals surface area contributed by atoms with Gasteiger partial charge in [-0.3, -0.25) is 14.9 Å². The molecule has 36 heavy (non-hydrogen) atoms. The molecule has 0 heterocycles. The predicted molar refractivity (Wildman–Crippen MR) is 147 cm³/mol. The first-order valence-corrected chi connectivity index (χ1v) is 11.8. The first kappa shape index (κ1) is 24.9. The maximum absolute atomic E-state index is 12.7. The predicted octanol–water partition coefficient (Wildman–Crippen LogP) is 6.30. The molecule has 0 saturated carbocycles. The van der Waals surface area contributed by atoms with E-state index >= 15 is 0 Å². The van der Waals surface area contributed by atoms with Crippen molar-refractivity contribution in [1.29, 1.82) is 0 Å². The number of benzene rings is 4. The second kappa shape index (κ2) is 12.0. The van der Waals surface area contributed by atoms with Crippen LogP contribution in [-0.2, 0) is 6.61 Å². The van der Waals surface area contributed by atoms with Crippen LogP contribution in [0.4, 0.5) is 11.4 Å². The van der Waals surface area contributed by atoms with Crippen molar-refractivity contribution >= 4 is 52.1 Å². The summed E-state index contributed by atoms with van der Waals surface area (Å²) in [7, 11) is 0. The Morgan fingerprint density at radius 1 is 0.722 bits per heavy atom. The molecule has 0 aliphatic rings. The van der Waals surface area contributed by atoms with E-state index in [2.05, 4.69) is 16.0 Å². The van der Waals surface area contributed by atoms with Crippen LogP contribution in [0.25, 0.3) is 0 Å². The average molecular weight is 516 g/mol. The van der Waals surface area contributed by atoms with Crippen molar-refractivity contribution in [3.63, 3.8) is 0 Å². The lowest BCUT2D eigenvalue weighted by Crippen LogP contribution is -2.34. The molecule has 8 heteroatoms. The van der Waals surface area contributed by atoms with E-state index in [0.717, 1.165) is 5.56 Å². The summed E-state index contributed by atoms with van der Waals surface area (Å²) in [5, 5.41) is 9.07. The third-order valence-electron chi connectivity index (χ3n) is 5.06. The van der Waals surface area contributed by atoms with Gasteiger partial charge in [-0.1, -0.05) is 54.1 Å². The molecule has 0 atom stereocenters. The molecule has 4 rings (SSSR count). The van der Waals surface area contributed by atoms with Gasteiger partial charge in [0.2, 0.25) is 0 Å². The molecule has 180 valence electrons. The van der Waals surface area contributed by atoms with Crippen LogP contribution in [0, 0.1) is 0 Å². The van der Waals surface area contributed by atoms with E-state index < -0.39 is 0 Å². The Morgan fingerprint density at radius 2 is 1.36 bits per heavy atom. The monoisotopic (exact) mass is 515 g/mol. The maximum atomic E-state index is 12.7. The number of halogens is 1. The van der Waals surface area contributed by atoms with E-state index in [9.17, 15) is 9.59 Å². The van der Waals surface area contributed by atoms with Crippen molar-refractivity contribution < 1.29 is 14.3 Å². The van der Waals surface area contributed by atoms with Crippen LogP contribution in [0.15, 0.2) is 103 Å². The molecule has 3 N–H and O–H groups in total. The number of nitrogens with one attached hydrogen (secondary N) is 3. The third-order valence-corrected chi connectivity index (χ3v) is 5.50. The summed E-state index contributed by atoms with van der Waals surface area (Å²) in [5.41, 5.74) is 3.17. The van der Waals surface area contributed by atoms with Gasteiger partial charge < -0.3 is 15.4 Å². The highest BCUT2D eigenvalue weighted by molar-refractivity contribution is 7.80. The van der Waals surface area contributed by atoms with E-state index in [4.69, 9.17) is 28.6 Å². The van der Waals surface area contributed by atoms with E-state index in [-0.39, 0.29) is 16.9 Å². The summed E-state index contributed by atoms with van der Waals surface area (Å²) in [6.07, 6.45) is 0. The zero-order chi connectivity index (χ0) is 25.3. The minimum atomic E-state index is -0.358. The van der Waals surface area contributed by atoms with Gasteiger partial charge in [-0.2, -0.15) is 0 Å². The molecule has 0 radical (unpaired) electrons. The van der Waals surface area contributed by atoms with Crippen LogP contribution in [0.1, 0.15) is 26.3 Å². The zero-order valence-corrected chi connectivity index (χ0v) is 20.6. The standard InChI is InChI=1S/C28H22ClN3O3S/c29-22-10-4-8-20(16-22)26(33)30-23-12-14-24(15-13-23)31-28(36)32-27(34)21-9-5-11-25(17-21)35-18-19-6-2-1-3-7-19/h1-17H,18H2,(H,30,33)(H2,31,32,34,36). The van der Waals surface area contributed by atoms with Crippen molar-refractivity contribution in [3.8, 4) is 5.75 Å². The van der Waals surface area contributed by atoms with Gasteiger partial charge >= 0.3 is 0 Å². The Hall–Kier alpha value is -4.20. The fraction of sp³-hybridized carbons (Fsp3) is 0.0357. The number of hydrogen-bond acceptors (Lipinski definition) is 4. The van der Waals surface area contributed by atoms with Crippen LogP contribution < -0.4 is 20.7 Å². The van der Waals surface area contributed by atoms with Gasteiger partial charge in [-0.25, -0.2) is 0 Å². The molecule has 0 bridgehead atoms. The summed E-state index contributed by atoms with van der Waals surface area (Å²) < 4.78 is 5.79. The SMILES string of the molecule is O=C(NC(=S)Nc1ccc(NC(=O)c2cccc(Cl)c2)cc1)c1cccc(OCc2ccccc2)c1. The second-order valence-electron chi connectivity index (χ2n) is 7.75. The number of rotatable bonds is 7. The quantitative estimate of drug-likeness (QED) is 0.252. The molecular weight excluding hydrogens is 494 g/mol. The molecule has 0 saturated heterocycles. The molecule has 6 nitrogen and oxygen atoms in total. The number of amides is 2. The lowest BCUT2D eigenvalue weighted by molar-refractivity contribution is 0.0976. The van der Waals surface area contributed by atoms with Crippen molar-refractivity contribution in [2.24, 2.45) is 0 Å². The Morgan fingerprint density at radius 3 is 2.06 bits per heavy atom. The Bertz CT molecular complexity index is 1380. The van der Waals surface area contributed by atoms with E-state index in [1.54, 1.807) is 72.8 Å². The number of carbonyl (C=O) groups excluding carboxylic acids is 2.